The highest BCUT2D eigenvalue weighted by atomic mass is 32.1. The van der Waals surface area contributed by atoms with Crippen molar-refractivity contribution in [3.63, 3.8) is 0 Å². The molecule has 0 atom stereocenters. The number of fused-ring (bicyclic) bond motifs is 1. The van der Waals surface area contributed by atoms with Crippen molar-refractivity contribution in [3.8, 4) is 0 Å². The largest absolute Gasteiger partial charge is 0.297 e. The van der Waals surface area contributed by atoms with Gasteiger partial charge in [0.2, 0.25) is 0 Å². The number of thiazole rings is 1. The molecule has 3 aromatic rings. The monoisotopic (exact) mass is 329 g/mol. The van der Waals surface area contributed by atoms with Gasteiger partial charge in [-0.2, -0.15) is 0 Å². The van der Waals surface area contributed by atoms with Crippen molar-refractivity contribution in [2.45, 2.75) is 32.2 Å². The highest BCUT2D eigenvalue weighted by Crippen LogP contribution is 2.27. The summed E-state index contributed by atoms with van der Waals surface area (Å²) in [6.45, 7) is 4.91. The number of hydrogen-bond acceptors (Lipinski definition) is 5. The van der Waals surface area contributed by atoms with E-state index in [1.54, 1.807) is 17.4 Å². The molecule has 0 aliphatic carbocycles. The van der Waals surface area contributed by atoms with Gasteiger partial charge in [-0.25, -0.2) is 14.5 Å². The van der Waals surface area contributed by atoms with Crippen LogP contribution in [0.3, 0.4) is 0 Å². The minimum atomic E-state index is -0.0247. The summed E-state index contributed by atoms with van der Waals surface area (Å²) >= 11 is 1.71. The van der Waals surface area contributed by atoms with Gasteiger partial charge in [0.05, 0.1) is 12.2 Å². The molecular formula is C16H19N5OS. The van der Waals surface area contributed by atoms with Crippen LogP contribution in [-0.2, 0) is 6.54 Å². The van der Waals surface area contributed by atoms with Crippen LogP contribution < -0.4 is 5.56 Å². The molecule has 4 rings (SSSR count). The van der Waals surface area contributed by atoms with E-state index < -0.39 is 0 Å². The van der Waals surface area contributed by atoms with E-state index in [9.17, 15) is 4.79 Å². The maximum Gasteiger partial charge on any atom is 0.272 e. The van der Waals surface area contributed by atoms with Crippen molar-refractivity contribution in [1.82, 2.24) is 24.5 Å². The second-order valence-corrected chi connectivity index (χ2v) is 7.11. The molecule has 0 saturated carbocycles. The average molecular weight is 329 g/mol. The first-order valence-electron chi connectivity index (χ1n) is 7.89. The summed E-state index contributed by atoms with van der Waals surface area (Å²) in [6.07, 6.45) is 3.94. The lowest BCUT2D eigenvalue weighted by Crippen LogP contribution is -2.33. The van der Waals surface area contributed by atoms with Crippen molar-refractivity contribution >= 4 is 17.0 Å². The Balaban J connectivity index is 1.48. The predicted octanol–water partition coefficient (Wildman–Crippen LogP) is 2.17. The fraction of sp³-hybridized carbons (Fsp3) is 0.438. The van der Waals surface area contributed by atoms with Gasteiger partial charge in [-0.05, 0) is 32.9 Å². The van der Waals surface area contributed by atoms with Crippen LogP contribution in [0.4, 0.5) is 0 Å². The molecule has 0 radical (unpaired) electrons. The number of hydrogen-bond donors (Lipinski definition) is 1. The second-order valence-electron chi connectivity index (χ2n) is 6.13. The van der Waals surface area contributed by atoms with Crippen LogP contribution in [0.2, 0.25) is 0 Å². The van der Waals surface area contributed by atoms with Crippen LogP contribution in [0.5, 0.6) is 0 Å². The number of nitrogens with zero attached hydrogens (tertiary/aromatic N) is 4. The van der Waals surface area contributed by atoms with Gasteiger partial charge in [0, 0.05) is 35.3 Å². The summed E-state index contributed by atoms with van der Waals surface area (Å²) < 4.78 is 1.51. The van der Waals surface area contributed by atoms with E-state index in [4.69, 9.17) is 0 Å². The van der Waals surface area contributed by atoms with E-state index in [1.165, 1.54) is 9.52 Å². The zero-order valence-electron chi connectivity index (χ0n) is 13.0. The van der Waals surface area contributed by atoms with Gasteiger partial charge in [0.1, 0.15) is 5.01 Å². The Morgan fingerprint density at radius 1 is 1.35 bits per heavy atom. The highest BCUT2D eigenvalue weighted by Gasteiger charge is 2.23. The van der Waals surface area contributed by atoms with E-state index >= 15 is 0 Å². The quantitative estimate of drug-likeness (QED) is 0.800. The third-order valence-corrected chi connectivity index (χ3v) is 5.21. The molecule has 0 spiro atoms. The topological polar surface area (TPSA) is 66.3 Å². The number of nitrogens with one attached hydrogen (secondary N) is 1. The van der Waals surface area contributed by atoms with Crippen molar-refractivity contribution in [1.29, 1.82) is 0 Å². The number of likely N-dealkylation sites (tertiary alicyclic amines) is 1. The summed E-state index contributed by atoms with van der Waals surface area (Å²) in [5.41, 5.74) is 2.58. The average Bonchev–Trinajstić information content (AvgIpc) is 3.17. The molecule has 1 saturated heterocycles. The number of aryl methyl sites for hydroxylation is 1. The Bertz CT molecular complexity index is 858. The van der Waals surface area contributed by atoms with Gasteiger partial charge in [-0.1, -0.05) is 0 Å². The van der Waals surface area contributed by atoms with Gasteiger partial charge in [-0.15, -0.1) is 11.3 Å². The smallest absolute Gasteiger partial charge is 0.272 e. The molecule has 0 unspecified atom stereocenters. The molecule has 6 nitrogen and oxygen atoms in total. The normalized spacial score (nSPS) is 17.1. The van der Waals surface area contributed by atoms with Crippen molar-refractivity contribution in [2.75, 3.05) is 13.1 Å². The Morgan fingerprint density at radius 3 is 2.91 bits per heavy atom. The van der Waals surface area contributed by atoms with E-state index in [0.29, 0.717) is 5.92 Å². The van der Waals surface area contributed by atoms with Gasteiger partial charge in [0.25, 0.3) is 5.56 Å². The number of rotatable bonds is 3. The third kappa shape index (κ3) is 2.94. The van der Waals surface area contributed by atoms with E-state index in [-0.39, 0.29) is 5.56 Å². The molecular weight excluding hydrogens is 310 g/mol. The molecule has 7 heteroatoms. The van der Waals surface area contributed by atoms with Crippen LogP contribution in [0.15, 0.2) is 28.5 Å². The van der Waals surface area contributed by atoms with Crippen LogP contribution in [0.25, 0.3) is 5.65 Å². The first-order chi connectivity index (χ1) is 11.2. The lowest BCUT2D eigenvalue weighted by molar-refractivity contribution is 0.203. The van der Waals surface area contributed by atoms with Crippen molar-refractivity contribution in [2.24, 2.45) is 0 Å². The third-order valence-electron chi connectivity index (χ3n) is 4.45. The van der Waals surface area contributed by atoms with Crippen LogP contribution in [-0.4, -0.2) is 37.6 Å². The zero-order valence-corrected chi connectivity index (χ0v) is 13.8. The van der Waals surface area contributed by atoms with Gasteiger partial charge in [-0.3, -0.25) is 14.8 Å². The Hall–Kier alpha value is -1.99. The lowest BCUT2D eigenvalue weighted by atomic mass is 9.93. The van der Waals surface area contributed by atoms with Gasteiger partial charge >= 0.3 is 0 Å². The zero-order chi connectivity index (χ0) is 15.8. The van der Waals surface area contributed by atoms with E-state index in [0.717, 1.165) is 49.5 Å². The first kappa shape index (κ1) is 14.6. The molecule has 1 aliphatic rings. The molecule has 0 amide bonds. The maximum atomic E-state index is 12.2. The SMILES string of the molecule is Cc1cc2nc(C3CCN(Cc4nccs4)CC3)cc(=O)n2[nH]1. The minimum Gasteiger partial charge on any atom is -0.297 e. The summed E-state index contributed by atoms with van der Waals surface area (Å²) in [4.78, 5) is 23.7. The number of aromatic nitrogens is 4. The molecule has 120 valence electrons. The fourth-order valence-electron chi connectivity index (χ4n) is 3.25. The number of H-pyrrole nitrogens is 1. The molecule has 23 heavy (non-hydrogen) atoms. The van der Waals surface area contributed by atoms with Gasteiger partial charge in [0.15, 0.2) is 5.65 Å². The summed E-state index contributed by atoms with van der Waals surface area (Å²) in [5.74, 6) is 0.371. The summed E-state index contributed by atoms with van der Waals surface area (Å²) in [5, 5.41) is 6.21. The van der Waals surface area contributed by atoms with Crippen molar-refractivity contribution in [3.05, 3.63) is 50.5 Å². The molecule has 0 aromatic carbocycles. The van der Waals surface area contributed by atoms with E-state index in [2.05, 4.69) is 20.0 Å². The summed E-state index contributed by atoms with van der Waals surface area (Å²) in [6, 6.07) is 3.60. The standard InChI is InChI=1S/C16H19N5OS/c1-11-8-14-18-13(9-16(22)21(14)19-11)12-2-5-20(6-3-12)10-15-17-4-7-23-15/h4,7-9,12,19H,2-3,5-6,10H2,1H3. The fourth-order valence-corrected chi connectivity index (χ4v) is 3.91. The first-order valence-corrected chi connectivity index (χ1v) is 8.77. The molecule has 4 heterocycles. The molecule has 1 aliphatic heterocycles. The Labute approximate surface area is 137 Å². The molecule has 3 aromatic heterocycles. The maximum absolute atomic E-state index is 12.2. The Kier molecular flexibility index (Phi) is 3.74. The Morgan fingerprint density at radius 2 is 2.17 bits per heavy atom. The van der Waals surface area contributed by atoms with Gasteiger partial charge < -0.3 is 0 Å². The molecule has 0 bridgehead atoms. The van der Waals surface area contributed by atoms with Crippen molar-refractivity contribution < 1.29 is 0 Å². The minimum absolute atomic E-state index is 0.0247. The number of piperidine rings is 1. The van der Waals surface area contributed by atoms with Crippen LogP contribution >= 0.6 is 11.3 Å². The highest BCUT2D eigenvalue weighted by molar-refractivity contribution is 7.09. The predicted molar refractivity (Wildman–Crippen MR) is 89.9 cm³/mol. The lowest BCUT2D eigenvalue weighted by Gasteiger charge is -2.30. The molecule has 1 N–H and O–H groups in total. The number of aromatic amines is 1. The summed E-state index contributed by atoms with van der Waals surface area (Å²) in [7, 11) is 0. The van der Waals surface area contributed by atoms with Crippen LogP contribution in [0.1, 0.15) is 35.2 Å². The van der Waals surface area contributed by atoms with E-state index in [1.807, 2.05) is 24.6 Å². The van der Waals surface area contributed by atoms with Crippen LogP contribution in [0, 0.1) is 6.92 Å². The second kappa shape index (κ2) is 5.90. The molecule has 1 fully saturated rings.